The Morgan fingerprint density at radius 1 is 1.25 bits per heavy atom. The topological polar surface area (TPSA) is 50.4 Å². The first-order valence-electron chi connectivity index (χ1n) is 8.42. The average molecular weight is 280 g/mol. The smallest absolute Gasteiger partial charge is 0.220 e. The Morgan fingerprint density at radius 2 is 2.15 bits per heavy atom. The standard InChI is InChI=1S/C16H28N2O2/c19-15(6-5-14-4-1-2-11-20-14)18-13-7-10-17-16(12-13)8-3-9-16/h13-14,17H,1-12H2,(H,18,19). The Bertz CT molecular complexity index is 335. The van der Waals surface area contributed by atoms with Crippen molar-refractivity contribution in [2.45, 2.75) is 81.9 Å². The first-order chi connectivity index (χ1) is 9.76. The normalized spacial score (nSPS) is 32.6. The summed E-state index contributed by atoms with van der Waals surface area (Å²) in [6.45, 7) is 1.93. The molecule has 2 aliphatic heterocycles. The van der Waals surface area contributed by atoms with E-state index < -0.39 is 0 Å². The van der Waals surface area contributed by atoms with E-state index in [2.05, 4.69) is 10.6 Å². The molecule has 1 saturated carbocycles. The highest BCUT2D eigenvalue weighted by molar-refractivity contribution is 5.76. The quantitative estimate of drug-likeness (QED) is 0.829. The van der Waals surface area contributed by atoms with Gasteiger partial charge in [-0.05, 0) is 64.3 Å². The number of hydrogen-bond acceptors (Lipinski definition) is 3. The Morgan fingerprint density at radius 3 is 2.85 bits per heavy atom. The minimum Gasteiger partial charge on any atom is -0.378 e. The zero-order chi connectivity index (χ0) is 13.8. The summed E-state index contributed by atoms with van der Waals surface area (Å²) >= 11 is 0. The lowest BCUT2D eigenvalue weighted by Gasteiger charge is -2.48. The summed E-state index contributed by atoms with van der Waals surface area (Å²) in [6.07, 6.45) is 11.5. The summed E-state index contributed by atoms with van der Waals surface area (Å²) in [5.74, 6) is 0.223. The molecule has 1 spiro atoms. The van der Waals surface area contributed by atoms with Gasteiger partial charge in [-0.25, -0.2) is 0 Å². The molecule has 1 aliphatic carbocycles. The lowest BCUT2D eigenvalue weighted by atomic mass is 9.70. The molecule has 3 rings (SSSR count). The van der Waals surface area contributed by atoms with Crippen LogP contribution in [0.2, 0.25) is 0 Å². The molecule has 3 fully saturated rings. The van der Waals surface area contributed by atoms with E-state index in [1.165, 1.54) is 32.1 Å². The molecule has 2 atom stereocenters. The molecule has 0 aromatic carbocycles. The van der Waals surface area contributed by atoms with Gasteiger partial charge in [0, 0.05) is 24.6 Å². The van der Waals surface area contributed by atoms with Crippen LogP contribution >= 0.6 is 0 Å². The summed E-state index contributed by atoms with van der Waals surface area (Å²) in [4.78, 5) is 12.1. The molecule has 0 aromatic heterocycles. The molecule has 0 bridgehead atoms. The summed E-state index contributed by atoms with van der Waals surface area (Å²) < 4.78 is 5.69. The molecule has 3 aliphatic rings. The van der Waals surface area contributed by atoms with Gasteiger partial charge in [-0.1, -0.05) is 0 Å². The maximum atomic E-state index is 12.1. The van der Waals surface area contributed by atoms with Crippen LogP contribution in [0.25, 0.3) is 0 Å². The highest BCUT2D eigenvalue weighted by atomic mass is 16.5. The van der Waals surface area contributed by atoms with Crippen LogP contribution in [0.15, 0.2) is 0 Å². The van der Waals surface area contributed by atoms with Crippen LogP contribution < -0.4 is 10.6 Å². The lowest BCUT2D eigenvalue weighted by molar-refractivity contribution is -0.123. The number of ether oxygens (including phenoxy) is 1. The molecule has 0 aromatic rings. The summed E-state index contributed by atoms with van der Waals surface area (Å²) in [5, 5.41) is 6.89. The molecule has 1 amide bonds. The number of carbonyl (C=O) groups excluding carboxylic acids is 1. The average Bonchev–Trinajstić information content (AvgIpc) is 2.45. The van der Waals surface area contributed by atoms with Crippen molar-refractivity contribution in [3.63, 3.8) is 0 Å². The van der Waals surface area contributed by atoms with Crippen LogP contribution in [-0.2, 0) is 9.53 Å². The van der Waals surface area contributed by atoms with Gasteiger partial charge in [0.05, 0.1) is 6.10 Å². The van der Waals surface area contributed by atoms with Crippen molar-refractivity contribution in [3.05, 3.63) is 0 Å². The minimum absolute atomic E-state index is 0.223. The highest BCUT2D eigenvalue weighted by Gasteiger charge is 2.41. The van der Waals surface area contributed by atoms with Crippen molar-refractivity contribution in [3.8, 4) is 0 Å². The molecular formula is C16H28N2O2. The van der Waals surface area contributed by atoms with Crippen LogP contribution in [0.1, 0.15) is 64.2 Å². The van der Waals surface area contributed by atoms with Crippen LogP contribution in [0, 0.1) is 0 Å². The SMILES string of the molecule is O=C(CCC1CCCCO1)NC1CCNC2(CCC2)C1. The van der Waals surface area contributed by atoms with E-state index in [9.17, 15) is 4.79 Å². The predicted octanol–water partition coefficient (Wildman–Crippen LogP) is 2.13. The molecule has 0 radical (unpaired) electrons. The van der Waals surface area contributed by atoms with Gasteiger partial charge in [-0.15, -0.1) is 0 Å². The first-order valence-corrected chi connectivity index (χ1v) is 8.42. The van der Waals surface area contributed by atoms with Gasteiger partial charge < -0.3 is 15.4 Å². The van der Waals surface area contributed by atoms with E-state index >= 15 is 0 Å². The van der Waals surface area contributed by atoms with Crippen molar-refractivity contribution in [2.24, 2.45) is 0 Å². The molecule has 2 saturated heterocycles. The van der Waals surface area contributed by atoms with Crippen LogP contribution in [-0.4, -0.2) is 36.7 Å². The van der Waals surface area contributed by atoms with Crippen LogP contribution in [0.4, 0.5) is 0 Å². The molecule has 114 valence electrons. The number of piperidine rings is 1. The van der Waals surface area contributed by atoms with Gasteiger partial charge in [0.2, 0.25) is 5.91 Å². The van der Waals surface area contributed by atoms with E-state index in [0.29, 0.717) is 24.1 Å². The van der Waals surface area contributed by atoms with Crippen molar-refractivity contribution < 1.29 is 9.53 Å². The molecule has 4 nitrogen and oxygen atoms in total. The van der Waals surface area contributed by atoms with E-state index in [1.807, 2.05) is 0 Å². The van der Waals surface area contributed by atoms with Gasteiger partial charge in [0.1, 0.15) is 0 Å². The van der Waals surface area contributed by atoms with Gasteiger partial charge >= 0.3 is 0 Å². The third-order valence-electron chi connectivity index (χ3n) is 5.27. The maximum Gasteiger partial charge on any atom is 0.220 e. The second-order valence-corrected chi connectivity index (χ2v) is 6.85. The van der Waals surface area contributed by atoms with E-state index in [0.717, 1.165) is 38.8 Å². The van der Waals surface area contributed by atoms with Crippen molar-refractivity contribution >= 4 is 5.91 Å². The summed E-state index contributed by atoms with van der Waals surface area (Å²) in [6, 6.07) is 0.385. The summed E-state index contributed by atoms with van der Waals surface area (Å²) in [5.41, 5.74) is 0.364. The van der Waals surface area contributed by atoms with E-state index in [-0.39, 0.29) is 5.91 Å². The number of rotatable bonds is 4. The van der Waals surface area contributed by atoms with Gasteiger partial charge in [0.15, 0.2) is 0 Å². The fourth-order valence-corrected chi connectivity index (χ4v) is 3.89. The highest BCUT2D eigenvalue weighted by Crippen LogP contribution is 2.38. The second kappa shape index (κ2) is 6.44. The Balaban J connectivity index is 1.37. The fourth-order valence-electron chi connectivity index (χ4n) is 3.89. The third kappa shape index (κ3) is 3.53. The Hall–Kier alpha value is -0.610. The Labute approximate surface area is 122 Å². The monoisotopic (exact) mass is 280 g/mol. The molecular weight excluding hydrogens is 252 g/mol. The maximum absolute atomic E-state index is 12.1. The number of hydrogen-bond donors (Lipinski definition) is 2. The van der Waals surface area contributed by atoms with Crippen LogP contribution in [0.5, 0.6) is 0 Å². The molecule has 2 unspecified atom stereocenters. The molecule has 2 heterocycles. The zero-order valence-electron chi connectivity index (χ0n) is 12.5. The second-order valence-electron chi connectivity index (χ2n) is 6.85. The van der Waals surface area contributed by atoms with Gasteiger partial charge in [-0.3, -0.25) is 4.79 Å². The predicted molar refractivity (Wildman–Crippen MR) is 78.6 cm³/mol. The van der Waals surface area contributed by atoms with Gasteiger partial charge in [0.25, 0.3) is 0 Å². The zero-order valence-corrected chi connectivity index (χ0v) is 12.5. The van der Waals surface area contributed by atoms with Gasteiger partial charge in [-0.2, -0.15) is 0 Å². The third-order valence-corrected chi connectivity index (χ3v) is 5.27. The minimum atomic E-state index is 0.223. The van der Waals surface area contributed by atoms with Crippen molar-refractivity contribution in [1.82, 2.24) is 10.6 Å². The first kappa shape index (κ1) is 14.3. The number of amides is 1. The largest absolute Gasteiger partial charge is 0.378 e. The van der Waals surface area contributed by atoms with Crippen molar-refractivity contribution in [1.29, 1.82) is 0 Å². The number of nitrogens with one attached hydrogen (secondary N) is 2. The lowest BCUT2D eigenvalue weighted by Crippen LogP contribution is -2.59. The Kier molecular flexibility index (Phi) is 4.61. The number of carbonyl (C=O) groups is 1. The molecule has 4 heteroatoms. The fraction of sp³-hybridized carbons (Fsp3) is 0.938. The van der Waals surface area contributed by atoms with Crippen LogP contribution in [0.3, 0.4) is 0 Å². The van der Waals surface area contributed by atoms with Crippen molar-refractivity contribution in [2.75, 3.05) is 13.2 Å². The molecule has 2 N–H and O–H groups in total. The summed E-state index contributed by atoms with van der Waals surface area (Å²) in [7, 11) is 0. The van der Waals surface area contributed by atoms with E-state index in [1.54, 1.807) is 0 Å². The molecule has 20 heavy (non-hydrogen) atoms. The van der Waals surface area contributed by atoms with E-state index in [4.69, 9.17) is 4.74 Å².